The van der Waals surface area contributed by atoms with Crippen LogP contribution in [0.4, 0.5) is 0 Å². The highest BCUT2D eigenvalue weighted by Gasteiger charge is 2.38. The van der Waals surface area contributed by atoms with E-state index in [1.807, 2.05) is 54.6 Å². The third-order valence-corrected chi connectivity index (χ3v) is 8.56. The van der Waals surface area contributed by atoms with Crippen LogP contribution in [0.5, 0.6) is 0 Å². The molecule has 2 aliphatic heterocycles. The summed E-state index contributed by atoms with van der Waals surface area (Å²) in [5.74, 6) is -0.389. The van der Waals surface area contributed by atoms with Crippen LogP contribution in [-0.2, 0) is 43.9 Å². The number of rotatable bonds is 8. The number of benzene rings is 2. The zero-order valence-corrected chi connectivity index (χ0v) is 21.6. The first-order valence-corrected chi connectivity index (χ1v) is 14.0. The molecule has 2 aliphatic rings. The fourth-order valence-corrected chi connectivity index (χ4v) is 6.22. The summed E-state index contributed by atoms with van der Waals surface area (Å²) in [7, 11) is -3.64. The molecule has 0 saturated carbocycles. The molecule has 1 unspecified atom stereocenters. The van der Waals surface area contributed by atoms with Crippen LogP contribution in [0.2, 0.25) is 0 Å². The van der Waals surface area contributed by atoms with Gasteiger partial charge >= 0.3 is 0 Å². The molecule has 1 atom stereocenters. The summed E-state index contributed by atoms with van der Waals surface area (Å²) in [6.45, 7) is 3.87. The van der Waals surface area contributed by atoms with Gasteiger partial charge in [-0.15, -0.1) is 5.10 Å². The molecule has 5 rings (SSSR count). The van der Waals surface area contributed by atoms with Crippen molar-refractivity contribution in [2.75, 3.05) is 25.5 Å². The second-order valence-corrected chi connectivity index (χ2v) is 11.3. The summed E-state index contributed by atoms with van der Waals surface area (Å²) in [5, 5.41) is 8.30. The minimum absolute atomic E-state index is 0.103. The standard InChI is InChI=1S/C26H31N5O5S/c1-20-26(32)29(18-24-19-30(28-27-24)12-11-25-35-14-15-36-25)13-16-37(33,34)31(20)17-21-7-9-23(10-8-21)22-5-3-2-4-6-22/h2-10,19-20,25H,11-18H2,1H3. The Kier molecular flexibility index (Phi) is 7.65. The topological polar surface area (TPSA) is 107 Å². The lowest BCUT2D eigenvalue weighted by atomic mass is 10.0. The van der Waals surface area contributed by atoms with Crippen LogP contribution >= 0.6 is 0 Å². The number of nitrogens with zero attached hydrogens (tertiary/aromatic N) is 5. The number of aryl methyl sites for hydroxylation is 1. The van der Waals surface area contributed by atoms with Crippen molar-refractivity contribution >= 4 is 15.9 Å². The van der Waals surface area contributed by atoms with Gasteiger partial charge in [0.25, 0.3) is 0 Å². The normalized spacial score (nSPS) is 20.8. The van der Waals surface area contributed by atoms with E-state index in [4.69, 9.17) is 9.47 Å². The van der Waals surface area contributed by atoms with E-state index in [-0.39, 0.29) is 37.6 Å². The summed E-state index contributed by atoms with van der Waals surface area (Å²) in [6, 6.07) is 16.9. The van der Waals surface area contributed by atoms with Crippen molar-refractivity contribution in [2.45, 2.75) is 45.3 Å². The Labute approximate surface area is 216 Å². The highest BCUT2D eigenvalue weighted by Crippen LogP contribution is 2.23. The largest absolute Gasteiger partial charge is 0.350 e. The number of hydrogen-bond donors (Lipinski definition) is 0. The quantitative estimate of drug-likeness (QED) is 0.444. The van der Waals surface area contributed by atoms with Gasteiger partial charge < -0.3 is 14.4 Å². The molecule has 1 aromatic heterocycles. The predicted octanol–water partition coefficient (Wildman–Crippen LogP) is 2.27. The molecule has 3 heterocycles. The van der Waals surface area contributed by atoms with E-state index in [0.717, 1.165) is 16.7 Å². The highest BCUT2D eigenvalue weighted by atomic mass is 32.2. The van der Waals surface area contributed by atoms with Crippen molar-refractivity contribution in [3.05, 3.63) is 72.1 Å². The molecule has 0 spiro atoms. The molecule has 0 radical (unpaired) electrons. The summed E-state index contributed by atoms with van der Waals surface area (Å²) < 4.78 is 40.2. The van der Waals surface area contributed by atoms with Crippen LogP contribution < -0.4 is 0 Å². The molecule has 11 heteroatoms. The van der Waals surface area contributed by atoms with Gasteiger partial charge in [-0.05, 0) is 23.6 Å². The Hall–Kier alpha value is -3.12. The third kappa shape index (κ3) is 6.07. The first-order valence-electron chi connectivity index (χ1n) is 12.4. The second-order valence-electron chi connectivity index (χ2n) is 9.29. The van der Waals surface area contributed by atoms with E-state index in [2.05, 4.69) is 10.3 Å². The Morgan fingerprint density at radius 2 is 1.68 bits per heavy atom. The first-order chi connectivity index (χ1) is 17.9. The smallest absolute Gasteiger partial charge is 0.241 e. The summed E-state index contributed by atoms with van der Waals surface area (Å²) in [4.78, 5) is 14.9. The fraction of sp³-hybridized carbons (Fsp3) is 0.423. The number of amides is 1. The number of aromatic nitrogens is 3. The molecule has 1 amide bonds. The van der Waals surface area contributed by atoms with Crippen molar-refractivity contribution in [3.8, 4) is 11.1 Å². The Bertz CT molecular complexity index is 1310. The van der Waals surface area contributed by atoms with Gasteiger partial charge in [0.1, 0.15) is 11.7 Å². The molecule has 37 heavy (non-hydrogen) atoms. The molecule has 2 aromatic carbocycles. The average molecular weight is 526 g/mol. The molecule has 0 N–H and O–H groups in total. The van der Waals surface area contributed by atoms with Crippen LogP contribution in [0.1, 0.15) is 24.6 Å². The zero-order valence-electron chi connectivity index (χ0n) is 20.8. The zero-order chi connectivity index (χ0) is 25.8. The van der Waals surface area contributed by atoms with E-state index in [9.17, 15) is 13.2 Å². The number of ether oxygens (including phenoxy) is 2. The molecule has 3 aromatic rings. The maximum atomic E-state index is 13.3. The SMILES string of the molecule is CC1C(=O)N(Cc2cn(CCC3OCCO3)nn2)CCS(=O)(=O)N1Cc1ccc(-c2ccccc2)cc1. The van der Waals surface area contributed by atoms with Crippen LogP contribution in [-0.4, -0.2) is 76.4 Å². The van der Waals surface area contributed by atoms with Crippen LogP contribution in [0.25, 0.3) is 11.1 Å². The van der Waals surface area contributed by atoms with Crippen LogP contribution in [0, 0.1) is 0 Å². The third-order valence-electron chi connectivity index (χ3n) is 6.70. The molecular formula is C26H31N5O5S. The van der Waals surface area contributed by atoms with Gasteiger partial charge in [-0.25, -0.2) is 8.42 Å². The highest BCUT2D eigenvalue weighted by molar-refractivity contribution is 7.89. The molecule has 10 nitrogen and oxygen atoms in total. The minimum atomic E-state index is -3.64. The Balaban J connectivity index is 1.24. The number of carbonyl (C=O) groups is 1. The van der Waals surface area contributed by atoms with Gasteiger partial charge in [-0.1, -0.05) is 59.8 Å². The van der Waals surface area contributed by atoms with Crippen molar-refractivity contribution < 1.29 is 22.7 Å². The molecule has 2 saturated heterocycles. The maximum absolute atomic E-state index is 13.3. The van der Waals surface area contributed by atoms with Crippen molar-refractivity contribution in [2.24, 2.45) is 0 Å². The van der Waals surface area contributed by atoms with Gasteiger partial charge in [0.2, 0.25) is 15.9 Å². The monoisotopic (exact) mass is 525 g/mol. The van der Waals surface area contributed by atoms with Gasteiger partial charge in [0, 0.05) is 26.1 Å². The van der Waals surface area contributed by atoms with Crippen molar-refractivity contribution in [1.82, 2.24) is 24.2 Å². The fourth-order valence-electron chi connectivity index (χ4n) is 4.61. The molecule has 196 valence electrons. The van der Waals surface area contributed by atoms with E-state index in [0.29, 0.717) is 31.9 Å². The van der Waals surface area contributed by atoms with Crippen molar-refractivity contribution in [1.29, 1.82) is 0 Å². The van der Waals surface area contributed by atoms with E-state index in [1.54, 1.807) is 22.7 Å². The number of sulfonamides is 1. The summed E-state index contributed by atoms with van der Waals surface area (Å²) in [6.07, 6.45) is 2.20. The first kappa shape index (κ1) is 25.5. The number of carbonyl (C=O) groups excluding carboxylic acids is 1. The van der Waals surface area contributed by atoms with Gasteiger partial charge in [0.05, 0.1) is 31.7 Å². The molecule has 0 aliphatic carbocycles. The lowest BCUT2D eigenvalue weighted by Gasteiger charge is -2.26. The predicted molar refractivity (Wildman–Crippen MR) is 136 cm³/mol. The van der Waals surface area contributed by atoms with Gasteiger partial charge in [-0.3, -0.25) is 9.48 Å². The van der Waals surface area contributed by atoms with Crippen LogP contribution in [0.3, 0.4) is 0 Å². The number of hydrogen-bond acceptors (Lipinski definition) is 7. The Morgan fingerprint density at radius 1 is 0.973 bits per heavy atom. The second kappa shape index (κ2) is 11.1. The van der Waals surface area contributed by atoms with Crippen molar-refractivity contribution in [3.63, 3.8) is 0 Å². The lowest BCUT2D eigenvalue weighted by molar-refractivity contribution is -0.134. The van der Waals surface area contributed by atoms with Gasteiger partial charge in [0.15, 0.2) is 6.29 Å². The van der Waals surface area contributed by atoms with Crippen LogP contribution in [0.15, 0.2) is 60.8 Å². The van der Waals surface area contributed by atoms with E-state index < -0.39 is 16.1 Å². The maximum Gasteiger partial charge on any atom is 0.241 e. The summed E-state index contributed by atoms with van der Waals surface area (Å²) >= 11 is 0. The average Bonchev–Trinajstić information content (AvgIpc) is 3.59. The van der Waals surface area contributed by atoms with Gasteiger partial charge in [-0.2, -0.15) is 4.31 Å². The summed E-state index contributed by atoms with van der Waals surface area (Å²) in [5.41, 5.74) is 3.58. The molecular weight excluding hydrogens is 494 g/mol. The lowest BCUT2D eigenvalue weighted by Crippen LogP contribution is -2.45. The Morgan fingerprint density at radius 3 is 2.41 bits per heavy atom. The molecule has 2 fully saturated rings. The minimum Gasteiger partial charge on any atom is -0.350 e. The molecule has 0 bridgehead atoms. The van der Waals surface area contributed by atoms with E-state index in [1.165, 1.54) is 4.31 Å². The van der Waals surface area contributed by atoms with E-state index >= 15 is 0 Å².